The molecule has 1 aliphatic heterocycles. The second kappa shape index (κ2) is 5.76. The number of nitrogens with one attached hydrogen (secondary N) is 2. The number of amides is 2. The predicted octanol–water partition coefficient (Wildman–Crippen LogP) is 1.86. The molecule has 112 valence electrons. The summed E-state index contributed by atoms with van der Waals surface area (Å²) < 4.78 is 5.51. The van der Waals surface area contributed by atoms with Crippen LogP contribution in [0.1, 0.15) is 31.7 Å². The lowest BCUT2D eigenvalue weighted by Crippen LogP contribution is -2.35. The zero-order chi connectivity index (χ0) is 14.8. The Balaban J connectivity index is 1.55. The standard InChI is InChI=1S/C16H20N2O3/c1-10-15(19)18-13-9-11(5-6-14(13)21-10)7-8-17-16(20)12-3-2-4-12/h5-6,9-10,12H,2-4,7-8H2,1H3,(H,17,20)(H,18,19). The maximum atomic E-state index is 11.7. The number of hydrogen-bond donors (Lipinski definition) is 2. The van der Waals surface area contributed by atoms with Crippen molar-refractivity contribution >= 4 is 17.5 Å². The van der Waals surface area contributed by atoms with Crippen molar-refractivity contribution in [3.63, 3.8) is 0 Å². The van der Waals surface area contributed by atoms with Gasteiger partial charge in [-0.05, 0) is 43.9 Å². The monoisotopic (exact) mass is 288 g/mol. The number of fused-ring (bicyclic) bond motifs is 1. The summed E-state index contributed by atoms with van der Waals surface area (Å²) in [6.07, 6.45) is 3.50. The molecule has 1 fully saturated rings. The first kappa shape index (κ1) is 13.9. The molecule has 1 aliphatic carbocycles. The SMILES string of the molecule is CC1Oc2ccc(CCNC(=O)C3CCC3)cc2NC1=O. The quantitative estimate of drug-likeness (QED) is 0.888. The Morgan fingerprint density at radius 1 is 1.43 bits per heavy atom. The van der Waals surface area contributed by atoms with Crippen LogP contribution in [0.4, 0.5) is 5.69 Å². The smallest absolute Gasteiger partial charge is 0.265 e. The highest BCUT2D eigenvalue weighted by atomic mass is 16.5. The first-order valence-electron chi connectivity index (χ1n) is 7.51. The predicted molar refractivity (Wildman–Crippen MR) is 79.2 cm³/mol. The lowest BCUT2D eigenvalue weighted by atomic mass is 9.85. The third-order valence-electron chi connectivity index (χ3n) is 4.16. The van der Waals surface area contributed by atoms with E-state index in [0.29, 0.717) is 18.0 Å². The van der Waals surface area contributed by atoms with E-state index in [4.69, 9.17) is 4.74 Å². The van der Waals surface area contributed by atoms with Crippen molar-refractivity contribution in [1.29, 1.82) is 0 Å². The molecule has 0 bridgehead atoms. The van der Waals surface area contributed by atoms with Crippen molar-refractivity contribution in [2.75, 3.05) is 11.9 Å². The minimum atomic E-state index is -0.454. The van der Waals surface area contributed by atoms with E-state index >= 15 is 0 Å². The molecule has 2 N–H and O–H groups in total. The molecule has 5 nitrogen and oxygen atoms in total. The number of carbonyl (C=O) groups excluding carboxylic acids is 2. The molecule has 1 heterocycles. The van der Waals surface area contributed by atoms with E-state index in [1.165, 1.54) is 6.42 Å². The van der Waals surface area contributed by atoms with Crippen LogP contribution in [0.15, 0.2) is 18.2 Å². The van der Waals surface area contributed by atoms with Crippen molar-refractivity contribution in [3.8, 4) is 5.75 Å². The van der Waals surface area contributed by atoms with Crippen LogP contribution in [0.5, 0.6) is 5.75 Å². The Morgan fingerprint density at radius 3 is 2.95 bits per heavy atom. The number of hydrogen-bond acceptors (Lipinski definition) is 3. The first-order valence-corrected chi connectivity index (χ1v) is 7.51. The van der Waals surface area contributed by atoms with Gasteiger partial charge in [0.15, 0.2) is 6.10 Å². The van der Waals surface area contributed by atoms with Crippen molar-refractivity contribution in [3.05, 3.63) is 23.8 Å². The van der Waals surface area contributed by atoms with Crippen molar-refractivity contribution in [1.82, 2.24) is 5.32 Å². The summed E-state index contributed by atoms with van der Waals surface area (Å²) in [5.74, 6) is 0.967. The van der Waals surface area contributed by atoms with E-state index in [1.807, 2.05) is 18.2 Å². The zero-order valence-electron chi connectivity index (χ0n) is 12.1. The van der Waals surface area contributed by atoms with Crippen LogP contribution < -0.4 is 15.4 Å². The van der Waals surface area contributed by atoms with Gasteiger partial charge in [0.25, 0.3) is 5.91 Å². The van der Waals surface area contributed by atoms with Gasteiger partial charge in [0.2, 0.25) is 5.91 Å². The van der Waals surface area contributed by atoms with Gasteiger partial charge in [-0.15, -0.1) is 0 Å². The Bertz CT molecular complexity index is 567. The summed E-state index contributed by atoms with van der Waals surface area (Å²) in [5, 5.41) is 5.81. The van der Waals surface area contributed by atoms with E-state index in [0.717, 1.165) is 24.8 Å². The summed E-state index contributed by atoms with van der Waals surface area (Å²) in [6.45, 7) is 2.35. The fraction of sp³-hybridized carbons (Fsp3) is 0.500. The average Bonchev–Trinajstić information content (AvgIpc) is 2.38. The molecule has 1 aromatic rings. The molecular weight excluding hydrogens is 268 g/mol. The molecule has 0 spiro atoms. The molecule has 1 aromatic carbocycles. The van der Waals surface area contributed by atoms with Crippen molar-refractivity contribution < 1.29 is 14.3 Å². The van der Waals surface area contributed by atoms with Crippen molar-refractivity contribution in [2.45, 2.75) is 38.7 Å². The lowest BCUT2D eigenvalue weighted by Gasteiger charge is -2.24. The highest BCUT2D eigenvalue weighted by Gasteiger charge is 2.25. The minimum absolute atomic E-state index is 0.127. The zero-order valence-corrected chi connectivity index (χ0v) is 12.1. The van der Waals surface area contributed by atoms with Crippen LogP contribution >= 0.6 is 0 Å². The molecular formula is C16H20N2O3. The highest BCUT2D eigenvalue weighted by Crippen LogP contribution is 2.30. The average molecular weight is 288 g/mol. The van der Waals surface area contributed by atoms with Gasteiger partial charge in [0, 0.05) is 12.5 Å². The Kier molecular flexibility index (Phi) is 3.82. The van der Waals surface area contributed by atoms with E-state index in [2.05, 4.69) is 10.6 Å². The molecule has 1 unspecified atom stereocenters. The molecule has 0 saturated heterocycles. The molecule has 2 amide bonds. The van der Waals surface area contributed by atoms with Crippen LogP contribution in [0, 0.1) is 5.92 Å². The molecule has 0 aromatic heterocycles. The topological polar surface area (TPSA) is 67.4 Å². The lowest BCUT2D eigenvalue weighted by molar-refractivity contribution is -0.127. The third-order valence-corrected chi connectivity index (χ3v) is 4.16. The Morgan fingerprint density at radius 2 is 2.24 bits per heavy atom. The second-order valence-corrected chi connectivity index (χ2v) is 5.75. The van der Waals surface area contributed by atoms with E-state index in [-0.39, 0.29) is 17.7 Å². The molecule has 2 aliphatic rings. The normalized spacial score (nSPS) is 20.8. The van der Waals surface area contributed by atoms with Gasteiger partial charge in [0.1, 0.15) is 5.75 Å². The summed E-state index contributed by atoms with van der Waals surface area (Å²) in [6, 6.07) is 5.75. The molecule has 1 atom stereocenters. The minimum Gasteiger partial charge on any atom is -0.479 e. The van der Waals surface area contributed by atoms with Gasteiger partial charge in [0.05, 0.1) is 5.69 Å². The van der Waals surface area contributed by atoms with Crippen LogP contribution in [0.2, 0.25) is 0 Å². The summed E-state index contributed by atoms with van der Waals surface area (Å²) >= 11 is 0. The molecule has 3 rings (SSSR count). The number of rotatable bonds is 4. The molecule has 0 radical (unpaired) electrons. The molecule has 5 heteroatoms. The first-order chi connectivity index (χ1) is 10.1. The largest absolute Gasteiger partial charge is 0.479 e. The van der Waals surface area contributed by atoms with Gasteiger partial charge in [-0.1, -0.05) is 12.5 Å². The maximum Gasteiger partial charge on any atom is 0.265 e. The summed E-state index contributed by atoms with van der Waals surface area (Å²) in [7, 11) is 0. The third kappa shape index (κ3) is 3.01. The summed E-state index contributed by atoms with van der Waals surface area (Å²) in [5.41, 5.74) is 1.78. The van der Waals surface area contributed by atoms with Gasteiger partial charge < -0.3 is 15.4 Å². The van der Waals surface area contributed by atoms with E-state index < -0.39 is 6.10 Å². The van der Waals surface area contributed by atoms with Crippen LogP contribution in [-0.4, -0.2) is 24.5 Å². The fourth-order valence-electron chi connectivity index (χ4n) is 2.56. The molecule has 1 saturated carbocycles. The molecule has 21 heavy (non-hydrogen) atoms. The van der Waals surface area contributed by atoms with Crippen LogP contribution in [-0.2, 0) is 16.0 Å². The van der Waals surface area contributed by atoms with Gasteiger partial charge in [-0.25, -0.2) is 0 Å². The number of anilines is 1. The van der Waals surface area contributed by atoms with Gasteiger partial charge >= 0.3 is 0 Å². The highest BCUT2D eigenvalue weighted by molar-refractivity contribution is 5.97. The maximum absolute atomic E-state index is 11.7. The van der Waals surface area contributed by atoms with E-state index in [9.17, 15) is 9.59 Å². The van der Waals surface area contributed by atoms with E-state index in [1.54, 1.807) is 6.92 Å². The van der Waals surface area contributed by atoms with Gasteiger partial charge in [-0.2, -0.15) is 0 Å². The Hall–Kier alpha value is -2.04. The number of carbonyl (C=O) groups is 2. The Labute approximate surface area is 124 Å². The number of benzene rings is 1. The fourth-order valence-corrected chi connectivity index (χ4v) is 2.56. The second-order valence-electron chi connectivity index (χ2n) is 5.75. The summed E-state index contributed by atoms with van der Waals surface area (Å²) in [4.78, 5) is 23.3. The van der Waals surface area contributed by atoms with Gasteiger partial charge in [-0.3, -0.25) is 9.59 Å². The van der Waals surface area contributed by atoms with Crippen molar-refractivity contribution in [2.24, 2.45) is 5.92 Å². The number of ether oxygens (including phenoxy) is 1. The van der Waals surface area contributed by atoms with Crippen LogP contribution in [0.3, 0.4) is 0 Å². The van der Waals surface area contributed by atoms with Crippen LogP contribution in [0.25, 0.3) is 0 Å².